The molecule has 2 heterocycles. The molecule has 0 aliphatic carbocycles. The van der Waals surface area contributed by atoms with Crippen LogP contribution in [0.1, 0.15) is 21.5 Å². The van der Waals surface area contributed by atoms with Crippen molar-refractivity contribution in [1.29, 1.82) is 0 Å². The molecule has 0 N–H and O–H groups in total. The van der Waals surface area contributed by atoms with Crippen LogP contribution < -0.4 is 0 Å². The molecule has 1 amide bonds. The number of aromatic nitrogens is 5. The molecule has 0 spiro atoms. The third-order valence-corrected chi connectivity index (χ3v) is 4.50. The highest BCUT2D eigenvalue weighted by atomic mass is 16.2. The summed E-state index contributed by atoms with van der Waals surface area (Å²) in [5, 5.41) is 12.0. The fraction of sp³-hybridized carbons (Fsp3) is 0.143. The van der Waals surface area contributed by atoms with Crippen LogP contribution in [0, 0.1) is 6.92 Å². The van der Waals surface area contributed by atoms with Crippen molar-refractivity contribution in [2.75, 3.05) is 7.05 Å². The van der Waals surface area contributed by atoms with E-state index in [-0.39, 0.29) is 5.91 Å². The lowest BCUT2D eigenvalue weighted by Crippen LogP contribution is -2.26. The van der Waals surface area contributed by atoms with E-state index in [1.165, 1.54) is 5.56 Å². The highest BCUT2D eigenvalue weighted by Crippen LogP contribution is 2.14. The molecule has 2 aromatic heterocycles. The first kappa shape index (κ1) is 17.7. The zero-order valence-electron chi connectivity index (χ0n) is 15.7. The van der Waals surface area contributed by atoms with Gasteiger partial charge in [0.05, 0.1) is 11.9 Å². The fourth-order valence-corrected chi connectivity index (χ4v) is 3.03. The van der Waals surface area contributed by atoms with Gasteiger partial charge in [-0.2, -0.15) is 5.10 Å². The number of amides is 1. The SMILES string of the molecule is Cc1cccc(-n2cc(CN(C)C(=O)c3ccc(-n4cnnc4)cc3)cn2)c1. The molecular weight excluding hydrogens is 352 g/mol. The maximum Gasteiger partial charge on any atom is 0.253 e. The molecular formula is C21H20N6O. The van der Waals surface area contributed by atoms with E-state index in [9.17, 15) is 4.79 Å². The molecule has 2 aromatic carbocycles. The zero-order chi connectivity index (χ0) is 19.5. The molecule has 28 heavy (non-hydrogen) atoms. The van der Waals surface area contributed by atoms with Gasteiger partial charge in [-0.3, -0.25) is 9.36 Å². The first-order valence-electron chi connectivity index (χ1n) is 8.91. The van der Waals surface area contributed by atoms with Crippen LogP contribution >= 0.6 is 0 Å². The van der Waals surface area contributed by atoms with E-state index in [2.05, 4.69) is 34.4 Å². The third-order valence-electron chi connectivity index (χ3n) is 4.50. The lowest BCUT2D eigenvalue weighted by Gasteiger charge is -2.16. The molecule has 0 saturated carbocycles. The van der Waals surface area contributed by atoms with Gasteiger partial charge in [-0.1, -0.05) is 12.1 Å². The average molecular weight is 372 g/mol. The normalized spacial score (nSPS) is 10.8. The molecule has 4 aromatic rings. The molecule has 4 rings (SSSR count). The van der Waals surface area contributed by atoms with Crippen LogP contribution in [0.3, 0.4) is 0 Å². The lowest BCUT2D eigenvalue weighted by molar-refractivity contribution is 0.0785. The second-order valence-electron chi connectivity index (χ2n) is 6.71. The summed E-state index contributed by atoms with van der Waals surface area (Å²) >= 11 is 0. The Labute approximate surface area is 162 Å². The van der Waals surface area contributed by atoms with Crippen molar-refractivity contribution in [1.82, 2.24) is 29.4 Å². The Balaban J connectivity index is 1.45. The summed E-state index contributed by atoms with van der Waals surface area (Å²) in [5.74, 6) is -0.0430. The van der Waals surface area contributed by atoms with Gasteiger partial charge in [-0.15, -0.1) is 10.2 Å². The molecule has 0 bridgehead atoms. The number of carbonyl (C=O) groups excluding carboxylic acids is 1. The van der Waals surface area contributed by atoms with Crippen LogP contribution in [-0.2, 0) is 6.54 Å². The molecule has 7 heteroatoms. The van der Waals surface area contributed by atoms with Crippen molar-refractivity contribution in [3.63, 3.8) is 0 Å². The molecule has 0 aliphatic heterocycles. The highest BCUT2D eigenvalue weighted by molar-refractivity contribution is 5.94. The van der Waals surface area contributed by atoms with Crippen molar-refractivity contribution >= 4 is 5.91 Å². The van der Waals surface area contributed by atoms with Crippen molar-refractivity contribution in [3.8, 4) is 11.4 Å². The number of aryl methyl sites for hydroxylation is 1. The Morgan fingerprint density at radius 2 is 1.79 bits per heavy atom. The third kappa shape index (κ3) is 3.68. The Morgan fingerprint density at radius 3 is 2.50 bits per heavy atom. The van der Waals surface area contributed by atoms with E-state index in [0.717, 1.165) is 16.9 Å². The van der Waals surface area contributed by atoms with Crippen LogP contribution in [0.25, 0.3) is 11.4 Å². The molecule has 140 valence electrons. The summed E-state index contributed by atoms with van der Waals surface area (Å²) < 4.78 is 3.62. The van der Waals surface area contributed by atoms with Gasteiger partial charge in [0, 0.05) is 36.6 Å². The first-order valence-corrected chi connectivity index (χ1v) is 8.91. The van der Waals surface area contributed by atoms with Crippen LogP contribution in [0.4, 0.5) is 0 Å². The molecule has 7 nitrogen and oxygen atoms in total. The van der Waals surface area contributed by atoms with E-state index in [1.807, 2.05) is 47.3 Å². The van der Waals surface area contributed by atoms with Crippen LogP contribution in [0.15, 0.2) is 73.6 Å². The predicted octanol–water partition coefficient (Wildman–Crippen LogP) is 3.03. The van der Waals surface area contributed by atoms with Gasteiger partial charge in [-0.05, 0) is 48.9 Å². The lowest BCUT2D eigenvalue weighted by atomic mass is 10.1. The topological polar surface area (TPSA) is 68.8 Å². The van der Waals surface area contributed by atoms with E-state index in [4.69, 9.17) is 0 Å². The summed E-state index contributed by atoms with van der Waals surface area (Å²) in [6, 6.07) is 15.5. The molecule has 0 aliphatic rings. The number of nitrogens with zero attached hydrogens (tertiary/aromatic N) is 6. The van der Waals surface area contributed by atoms with Crippen LogP contribution in [-0.4, -0.2) is 42.4 Å². The maximum atomic E-state index is 12.7. The van der Waals surface area contributed by atoms with Gasteiger partial charge >= 0.3 is 0 Å². The molecule has 0 saturated heterocycles. The molecule has 0 radical (unpaired) electrons. The minimum Gasteiger partial charge on any atom is -0.337 e. The van der Waals surface area contributed by atoms with E-state index < -0.39 is 0 Å². The minimum absolute atomic E-state index is 0.0430. The predicted molar refractivity (Wildman–Crippen MR) is 105 cm³/mol. The summed E-state index contributed by atoms with van der Waals surface area (Å²) in [7, 11) is 1.79. The Morgan fingerprint density at radius 1 is 1.04 bits per heavy atom. The maximum absolute atomic E-state index is 12.7. The van der Waals surface area contributed by atoms with E-state index >= 15 is 0 Å². The van der Waals surface area contributed by atoms with Gasteiger partial charge in [-0.25, -0.2) is 4.68 Å². The minimum atomic E-state index is -0.0430. The van der Waals surface area contributed by atoms with Crippen LogP contribution in [0.2, 0.25) is 0 Å². The summed E-state index contributed by atoms with van der Waals surface area (Å²) in [4.78, 5) is 14.4. The second-order valence-corrected chi connectivity index (χ2v) is 6.71. The summed E-state index contributed by atoms with van der Waals surface area (Å²) in [6.07, 6.45) is 6.98. The summed E-state index contributed by atoms with van der Waals surface area (Å²) in [5.41, 5.74) is 4.69. The van der Waals surface area contributed by atoms with Crippen molar-refractivity contribution in [3.05, 3.63) is 90.3 Å². The van der Waals surface area contributed by atoms with Crippen molar-refractivity contribution in [2.24, 2.45) is 0 Å². The number of benzene rings is 2. The van der Waals surface area contributed by atoms with E-state index in [0.29, 0.717) is 12.1 Å². The molecule has 0 atom stereocenters. The number of rotatable bonds is 5. The van der Waals surface area contributed by atoms with E-state index in [1.54, 1.807) is 35.4 Å². The van der Waals surface area contributed by atoms with Gasteiger partial charge in [0.15, 0.2) is 0 Å². The van der Waals surface area contributed by atoms with Crippen LogP contribution in [0.5, 0.6) is 0 Å². The Hall–Kier alpha value is -3.74. The zero-order valence-corrected chi connectivity index (χ0v) is 15.7. The molecule has 0 fully saturated rings. The van der Waals surface area contributed by atoms with Gasteiger partial charge in [0.25, 0.3) is 5.91 Å². The highest BCUT2D eigenvalue weighted by Gasteiger charge is 2.13. The smallest absolute Gasteiger partial charge is 0.253 e. The van der Waals surface area contributed by atoms with Crippen molar-refractivity contribution < 1.29 is 4.79 Å². The first-order chi connectivity index (χ1) is 13.6. The van der Waals surface area contributed by atoms with Gasteiger partial charge < -0.3 is 4.90 Å². The fourth-order valence-electron chi connectivity index (χ4n) is 3.03. The number of carbonyl (C=O) groups is 1. The summed E-state index contributed by atoms with van der Waals surface area (Å²) in [6.45, 7) is 2.53. The van der Waals surface area contributed by atoms with Crippen molar-refractivity contribution in [2.45, 2.75) is 13.5 Å². The number of hydrogen-bond acceptors (Lipinski definition) is 4. The quantitative estimate of drug-likeness (QED) is 0.540. The van der Waals surface area contributed by atoms with Gasteiger partial charge in [0.2, 0.25) is 0 Å². The standard InChI is InChI=1S/C21H20N6O/c1-16-4-3-5-20(10-16)27-13-17(11-24-27)12-25(2)21(28)18-6-8-19(9-7-18)26-14-22-23-15-26/h3-11,13-15H,12H2,1-2H3. The largest absolute Gasteiger partial charge is 0.337 e. The second kappa shape index (κ2) is 7.48. The monoisotopic (exact) mass is 372 g/mol. The Kier molecular flexibility index (Phi) is 4.72. The van der Waals surface area contributed by atoms with Gasteiger partial charge in [0.1, 0.15) is 12.7 Å². The average Bonchev–Trinajstić information content (AvgIpc) is 3.40. The Bertz CT molecular complexity index is 1080. The number of hydrogen-bond donors (Lipinski definition) is 0. The molecule has 0 unspecified atom stereocenters.